The van der Waals surface area contributed by atoms with E-state index < -0.39 is 0 Å². The van der Waals surface area contributed by atoms with Crippen molar-refractivity contribution in [3.8, 4) is 0 Å². The molecule has 1 N–H and O–H groups in total. The maximum absolute atomic E-state index is 4.03. The van der Waals surface area contributed by atoms with E-state index in [4.69, 9.17) is 0 Å². The molecule has 0 spiro atoms. The molecule has 0 amide bonds. The average Bonchev–Trinajstić information content (AvgIpc) is 2.36. The summed E-state index contributed by atoms with van der Waals surface area (Å²) in [5, 5.41) is 3.08. The molecule has 1 rings (SSSR count). The molecule has 0 saturated heterocycles. The van der Waals surface area contributed by atoms with Gasteiger partial charge in [0.15, 0.2) is 0 Å². The van der Waals surface area contributed by atoms with Crippen LogP contribution in [0.5, 0.6) is 0 Å². The van der Waals surface area contributed by atoms with Gasteiger partial charge in [0.1, 0.15) is 0 Å². The van der Waals surface area contributed by atoms with Crippen LogP contribution in [0.3, 0.4) is 0 Å². The fourth-order valence-corrected chi connectivity index (χ4v) is 0.961. The number of hydrogen-bond donors (Lipinski definition) is 1. The highest BCUT2D eigenvalue weighted by Gasteiger charge is 1.95. The van der Waals surface area contributed by atoms with Gasteiger partial charge in [-0.25, -0.2) is 4.98 Å². The highest BCUT2D eigenvalue weighted by Crippen LogP contribution is 1.96. The largest absolute Gasteiger partial charge is 0.334 e. The molecule has 1 heterocycles. The summed E-state index contributed by atoms with van der Waals surface area (Å²) >= 11 is 0. The molecule has 11 heavy (non-hydrogen) atoms. The second-order valence-electron chi connectivity index (χ2n) is 2.20. The van der Waals surface area contributed by atoms with Crippen LogP contribution in [-0.4, -0.2) is 16.6 Å². The van der Waals surface area contributed by atoms with Crippen LogP contribution in [-0.2, 0) is 13.1 Å². The molecule has 0 saturated carbocycles. The molecule has 1 aromatic rings. The zero-order valence-corrected chi connectivity index (χ0v) is 7.69. The van der Waals surface area contributed by atoms with Crippen LogP contribution >= 0.6 is 12.4 Å². The molecule has 0 unspecified atom stereocenters. The maximum atomic E-state index is 4.03. The first-order chi connectivity index (χ1) is 4.88. The SMILES string of the molecule is CCn1cncc1CNC.Cl. The van der Waals surface area contributed by atoms with Gasteiger partial charge in [-0.1, -0.05) is 0 Å². The molecule has 0 aliphatic heterocycles. The van der Waals surface area contributed by atoms with Crippen LogP contribution in [0.15, 0.2) is 12.5 Å². The highest BCUT2D eigenvalue weighted by molar-refractivity contribution is 5.85. The van der Waals surface area contributed by atoms with E-state index >= 15 is 0 Å². The number of halogens is 1. The molecule has 0 aromatic carbocycles. The Bertz CT molecular complexity index is 197. The molecule has 0 atom stereocenters. The monoisotopic (exact) mass is 175 g/mol. The molecule has 0 radical (unpaired) electrons. The number of aromatic nitrogens is 2. The topological polar surface area (TPSA) is 29.9 Å². The molecule has 0 aliphatic carbocycles. The fourth-order valence-electron chi connectivity index (χ4n) is 0.961. The lowest BCUT2D eigenvalue weighted by molar-refractivity contribution is 0.674. The second-order valence-corrected chi connectivity index (χ2v) is 2.20. The lowest BCUT2D eigenvalue weighted by atomic mass is 10.4. The number of hydrogen-bond acceptors (Lipinski definition) is 2. The zero-order chi connectivity index (χ0) is 7.40. The highest BCUT2D eigenvalue weighted by atomic mass is 35.5. The third-order valence-electron chi connectivity index (χ3n) is 1.50. The number of nitrogens with one attached hydrogen (secondary N) is 1. The van der Waals surface area contributed by atoms with E-state index in [0.29, 0.717) is 0 Å². The van der Waals surface area contributed by atoms with E-state index in [2.05, 4.69) is 21.8 Å². The number of nitrogens with zero attached hydrogens (tertiary/aromatic N) is 2. The molecule has 1 aromatic heterocycles. The zero-order valence-electron chi connectivity index (χ0n) is 6.87. The Hall–Kier alpha value is -0.540. The normalized spacial score (nSPS) is 9.27. The predicted octanol–water partition coefficient (Wildman–Crippen LogP) is 1.04. The van der Waals surface area contributed by atoms with Gasteiger partial charge < -0.3 is 9.88 Å². The van der Waals surface area contributed by atoms with Crippen molar-refractivity contribution >= 4 is 12.4 Å². The van der Waals surface area contributed by atoms with Crippen LogP contribution in [0, 0.1) is 0 Å². The number of aryl methyl sites for hydroxylation is 1. The van der Waals surface area contributed by atoms with Crippen LogP contribution < -0.4 is 5.32 Å². The van der Waals surface area contributed by atoms with Crippen molar-refractivity contribution in [2.75, 3.05) is 7.05 Å². The quantitative estimate of drug-likeness (QED) is 0.744. The molecular weight excluding hydrogens is 162 g/mol. The van der Waals surface area contributed by atoms with Crippen molar-refractivity contribution < 1.29 is 0 Å². The number of rotatable bonds is 3. The summed E-state index contributed by atoms with van der Waals surface area (Å²) in [6.45, 7) is 4.01. The summed E-state index contributed by atoms with van der Waals surface area (Å²) in [7, 11) is 1.94. The summed E-state index contributed by atoms with van der Waals surface area (Å²) in [6, 6.07) is 0. The summed E-state index contributed by atoms with van der Waals surface area (Å²) in [4.78, 5) is 4.03. The Balaban J connectivity index is 0.000001000. The fraction of sp³-hybridized carbons (Fsp3) is 0.571. The summed E-state index contributed by atoms with van der Waals surface area (Å²) in [5.41, 5.74) is 1.24. The first-order valence-corrected chi connectivity index (χ1v) is 3.52. The van der Waals surface area contributed by atoms with E-state index in [1.165, 1.54) is 5.69 Å². The van der Waals surface area contributed by atoms with E-state index in [0.717, 1.165) is 13.1 Å². The van der Waals surface area contributed by atoms with Gasteiger partial charge >= 0.3 is 0 Å². The average molecular weight is 176 g/mol. The molecule has 3 nitrogen and oxygen atoms in total. The van der Waals surface area contributed by atoms with Crippen LogP contribution in [0.25, 0.3) is 0 Å². The Morgan fingerprint density at radius 1 is 1.64 bits per heavy atom. The van der Waals surface area contributed by atoms with Gasteiger partial charge in [0.05, 0.1) is 12.0 Å². The smallest absolute Gasteiger partial charge is 0.0948 e. The lowest BCUT2D eigenvalue weighted by Crippen LogP contribution is -2.09. The minimum Gasteiger partial charge on any atom is -0.334 e. The molecule has 0 fully saturated rings. The molecule has 4 heteroatoms. The van der Waals surface area contributed by atoms with Gasteiger partial charge in [0, 0.05) is 19.3 Å². The van der Waals surface area contributed by atoms with E-state index in [-0.39, 0.29) is 12.4 Å². The van der Waals surface area contributed by atoms with E-state index in [1.807, 2.05) is 19.6 Å². The minimum atomic E-state index is 0. The molecular formula is C7H14ClN3. The lowest BCUT2D eigenvalue weighted by Gasteiger charge is -2.02. The van der Waals surface area contributed by atoms with Gasteiger partial charge in [-0.05, 0) is 14.0 Å². The van der Waals surface area contributed by atoms with E-state index in [9.17, 15) is 0 Å². The second kappa shape index (κ2) is 5.16. The Labute approximate surface area is 73.2 Å². The number of imidazole rings is 1. The van der Waals surface area contributed by atoms with Crippen molar-refractivity contribution in [3.05, 3.63) is 18.2 Å². The van der Waals surface area contributed by atoms with Gasteiger partial charge in [-0.3, -0.25) is 0 Å². The third kappa shape index (κ3) is 2.52. The molecule has 64 valence electrons. The summed E-state index contributed by atoms with van der Waals surface area (Å²) in [6.07, 6.45) is 3.74. The Morgan fingerprint density at radius 2 is 2.36 bits per heavy atom. The van der Waals surface area contributed by atoms with Crippen molar-refractivity contribution in [2.24, 2.45) is 0 Å². The van der Waals surface area contributed by atoms with Gasteiger partial charge in [-0.2, -0.15) is 0 Å². The summed E-state index contributed by atoms with van der Waals surface area (Å²) in [5.74, 6) is 0. The maximum Gasteiger partial charge on any atom is 0.0948 e. The standard InChI is InChI=1S/C7H13N3.ClH/c1-3-10-6-9-5-7(10)4-8-2;/h5-6,8H,3-4H2,1-2H3;1H. The van der Waals surface area contributed by atoms with Crippen LogP contribution in [0.2, 0.25) is 0 Å². The first kappa shape index (κ1) is 10.5. The molecule has 0 aliphatic rings. The van der Waals surface area contributed by atoms with E-state index in [1.54, 1.807) is 0 Å². The third-order valence-corrected chi connectivity index (χ3v) is 1.50. The predicted molar refractivity (Wildman–Crippen MR) is 47.9 cm³/mol. The molecule has 0 bridgehead atoms. The van der Waals surface area contributed by atoms with Crippen molar-refractivity contribution in [1.29, 1.82) is 0 Å². The van der Waals surface area contributed by atoms with Gasteiger partial charge in [0.25, 0.3) is 0 Å². The Kier molecular flexibility index (Phi) is 4.90. The van der Waals surface area contributed by atoms with Crippen LogP contribution in [0.4, 0.5) is 0 Å². The van der Waals surface area contributed by atoms with Gasteiger partial charge in [-0.15, -0.1) is 12.4 Å². The van der Waals surface area contributed by atoms with Crippen molar-refractivity contribution in [3.63, 3.8) is 0 Å². The summed E-state index contributed by atoms with van der Waals surface area (Å²) < 4.78 is 2.12. The first-order valence-electron chi connectivity index (χ1n) is 3.52. The Morgan fingerprint density at radius 3 is 2.91 bits per heavy atom. The van der Waals surface area contributed by atoms with Crippen molar-refractivity contribution in [2.45, 2.75) is 20.0 Å². The van der Waals surface area contributed by atoms with Gasteiger partial charge in [0.2, 0.25) is 0 Å². The minimum absolute atomic E-state index is 0. The van der Waals surface area contributed by atoms with Crippen LogP contribution in [0.1, 0.15) is 12.6 Å². The van der Waals surface area contributed by atoms with Crippen molar-refractivity contribution in [1.82, 2.24) is 14.9 Å².